The van der Waals surface area contributed by atoms with Crippen LogP contribution in [0.1, 0.15) is 29.5 Å². The van der Waals surface area contributed by atoms with Crippen LogP contribution in [0.15, 0.2) is 18.2 Å². The second-order valence-electron chi connectivity index (χ2n) is 6.76. The fourth-order valence-electron chi connectivity index (χ4n) is 3.95. The number of benzene rings is 1. The molecule has 3 nitrogen and oxygen atoms in total. The van der Waals surface area contributed by atoms with E-state index >= 15 is 0 Å². The van der Waals surface area contributed by atoms with Crippen LogP contribution in [0.4, 0.5) is 0 Å². The van der Waals surface area contributed by atoms with Crippen LogP contribution in [-0.2, 0) is 11.2 Å². The molecule has 0 aliphatic carbocycles. The van der Waals surface area contributed by atoms with Crippen molar-refractivity contribution in [2.75, 3.05) is 26.7 Å². The Morgan fingerprint density at radius 1 is 1.29 bits per heavy atom. The molecule has 2 saturated heterocycles. The third-order valence-electron chi connectivity index (χ3n) is 4.97. The van der Waals surface area contributed by atoms with Crippen molar-refractivity contribution in [3.05, 3.63) is 34.9 Å². The summed E-state index contributed by atoms with van der Waals surface area (Å²) in [6.45, 7) is 7.61. The number of nitrogens with one attached hydrogen (secondary N) is 1. The predicted octanol–water partition coefficient (Wildman–Crippen LogP) is 2.30. The van der Waals surface area contributed by atoms with Crippen LogP contribution in [0.25, 0.3) is 0 Å². The molecular formula is C18H28N2O. The van der Waals surface area contributed by atoms with Crippen molar-refractivity contribution in [2.24, 2.45) is 0 Å². The molecule has 3 unspecified atom stereocenters. The predicted molar refractivity (Wildman–Crippen MR) is 86.8 cm³/mol. The van der Waals surface area contributed by atoms with E-state index in [1.807, 2.05) is 0 Å². The minimum Gasteiger partial charge on any atom is -0.374 e. The molecule has 0 spiro atoms. The fraction of sp³-hybridized carbons (Fsp3) is 0.667. The normalized spacial score (nSPS) is 27.6. The first-order valence-electron chi connectivity index (χ1n) is 8.26. The lowest BCUT2D eigenvalue weighted by Crippen LogP contribution is -2.54. The maximum atomic E-state index is 6.17. The van der Waals surface area contributed by atoms with Gasteiger partial charge in [-0.2, -0.15) is 0 Å². The molecule has 0 aromatic heterocycles. The van der Waals surface area contributed by atoms with E-state index in [4.69, 9.17) is 4.74 Å². The maximum absolute atomic E-state index is 6.17. The zero-order valence-electron chi connectivity index (χ0n) is 13.6. The van der Waals surface area contributed by atoms with Gasteiger partial charge in [0.05, 0.1) is 12.7 Å². The fourth-order valence-corrected chi connectivity index (χ4v) is 3.95. The van der Waals surface area contributed by atoms with Crippen LogP contribution in [0.5, 0.6) is 0 Å². The number of likely N-dealkylation sites (N-methyl/N-ethyl adjacent to an activating group) is 1. The first-order valence-corrected chi connectivity index (χ1v) is 8.26. The average Bonchev–Trinajstić information content (AvgIpc) is 2.91. The molecule has 0 saturated carbocycles. The van der Waals surface area contributed by atoms with Gasteiger partial charge in [-0.1, -0.05) is 29.3 Å². The van der Waals surface area contributed by atoms with Gasteiger partial charge < -0.3 is 10.1 Å². The van der Waals surface area contributed by atoms with Crippen molar-refractivity contribution in [1.29, 1.82) is 0 Å². The van der Waals surface area contributed by atoms with E-state index in [0.29, 0.717) is 18.2 Å². The quantitative estimate of drug-likeness (QED) is 0.920. The number of rotatable bonds is 4. The summed E-state index contributed by atoms with van der Waals surface area (Å²) in [4.78, 5) is 2.62. The van der Waals surface area contributed by atoms with Crippen molar-refractivity contribution in [3.63, 3.8) is 0 Å². The molecule has 2 fully saturated rings. The molecule has 21 heavy (non-hydrogen) atoms. The molecule has 3 heteroatoms. The van der Waals surface area contributed by atoms with Gasteiger partial charge in [-0.25, -0.2) is 0 Å². The standard InChI is InChI=1S/C18H28N2O/c1-13-7-14(2)9-15(8-13)10-17(19-3)18-11-20-6-4-5-16(20)12-21-18/h7-9,16-19H,4-6,10-12H2,1-3H3. The lowest BCUT2D eigenvalue weighted by Gasteiger charge is -2.39. The van der Waals surface area contributed by atoms with Crippen molar-refractivity contribution >= 4 is 0 Å². The van der Waals surface area contributed by atoms with Crippen molar-refractivity contribution in [2.45, 2.75) is 51.3 Å². The highest BCUT2D eigenvalue weighted by molar-refractivity contribution is 5.29. The van der Waals surface area contributed by atoms with E-state index in [1.54, 1.807) is 0 Å². The Morgan fingerprint density at radius 3 is 2.76 bits per heavy atom. The molecule has 0 amide bonds. The summed E-state index contributed by atoms with van der Waals surface area (Å²) in [5.74, 6) is 0. The third kappa shape index (κ3) is 3.47. The highest BCUT2D eigenvalue weighted by Crippen LogP contribution is 2.24. The van der Waals surface area contributed by atoms with Gasteiger partial charge in [0.1, 0.15) is 0 Å². The van der Waals surface area contributed by atoms with Crippen LogP contribution < -0.4 is 5.32 Å². The number of morpholine rings is 1. The first-order chi connectivity index (χ1) is 10.2. The number of nitrogens with zero attached hydrogens (tertiary/aromatic N) is 1. The first kappa shape index (κ1) is 15.0. The van der Waals surface area contributed by atoms with E-state index in [1.165, 1.54) is 36.1 Å². The smallest absolute Gasteiger partial charge is 0.0858 e. The summed E-state index contributed by atoms with van der Waals surface area (Å²) in [6, 6.07) is 7.93. The Bertz CT molecular complexity index is 468. The zero-order chi connectivity index (χ0) is 14.8. The number of aryl methyl sites for hydroxylation is 2. The number of hydrogen-bond acceptors (Lipinski definition) is 3. The highest BCUT2D eigenvalue weighted by atomic mass is 16.5. The second-order valence-corrected chi connectivity index (χ2v) is 6.76. The summed E-state index contributed by atoms with van der Waals surface area (Å²) in [5, 5.41) is 3.49. The van der Waals surface area contributed by atoms with Gasteiger partial charge in [-0.05, 0) is 52.3 Å². The van der Waals surface area contributed by atoms with E-state index in [-0.39, 0.29) is 0 Å². The molecular weight excluding hydrogens is 260 g/mol. The molecule has 0 bridgehead atoms. The van der Waals surface area contributed by atoms with E-state index in [9.17, 15) is 0 Å². The summed E-state index contributed by atoms with van der Waals surface area (Å²) in [6.07, 6.45) is 4.00. The summed E-state index contributed by atoms with van der Waals surface area (Å²) >= 11 is 0. The van der Waals surface area contributed by atoms with Gasteiger partial charge >= 0.3 is 0 Å². The largest absolute Gasteiger partial charge is 0.374 e. The molecule has 2 heterocycles. The minimum atomic E-state index is 0.310. The Kier molecular flexibility index (Phi) is 4.63. The van der Waals surface area contributed by atoms with E-state index in [0.717, 1.165) is 19.6 Å². The summed E-state index contributed by atoms with van der Waals surface area (Å²) < 4.78 is 6.17. The topological polar surface area (TPSA) is 24.5 Å². The average molecular weight is 288 g/mol. The molecule has 3 rings (SSSR count). The SMILES string of the molecule is CNC(Cc1cc(C)cc(C)c1)C1CN2CCCC2CO1. The molecule has 2 aliphatic rings. The van der Waals surface area contributed by atoms with Crippen molar-refractivity contribution in [3.8, 4) is 0 Å². The van der Waals surface area contributed by atoms with Gasteiger partial charge in [-0.3, -0.25) is 4.90 Å². The molecule has 1 aromatic carbocycles. The molecule has 0 radical (unpaired) electrons. The van der Waals surface area contributed by atoms with Crippen molar-refractivity contribution < 1.29 is 4.74 Å². The van der Waals surface area contributed by atoms with E-state index < -0.39 is 0 Å². The number of ether oxygens (including phenoxy) is 1. The van der Waals surface area contributed by atoms with Crippen LogP contribution in [0, 0.1) is 13.8 Å². The lowest BCUT2D eigenvalue weighted by atomic mass is 9.97. The number of hydrogen-bond donors (Lipinski definition) is 1. The highest BCUT2D eigenvalue weighted by Gasteiger charge is 2.35. The van der Waals surface area contributed by atoms with E-state index in [2.05, 4.69) is 49.3 Å². The molecule has 2 aliphatic heterocycles. The van der Waals surface area contributed by atoms with Crippen LogP contribution in [0.2, 0.25) is 0 Å². The Balaban J connectivity index is 1.67. The Labute approximate surface area is 128 Å². The Hall–Kier alpha value is -0.900. The molecule has 1 aromatic rings. The van der Waals surface area contributed by atoms with Gasteiger partial charge in [0.2, 0.25) is 0 Å². The minimum absolute atomic E-state index is 0.310. The van der Waals surface area contributed by atoms with Crippen molar-refractivity contribution in [1.82, 2.24) is 10.2 Å². The van der Waals surface area contributed by atoms with Gasteiger partial charge in [0.15, 0.2) is 0 Å². The molecule has 116 valence electrons. The summed E-state index contributed by atoms with van der Waals surface area (Å²) in [5.41, 5.74) is 4.12. The van der Waals surface area contributed by atoms with Gasteiger partial charge in [-0.15, -0.1) is 0 Å². The maximum Gasteiger partial charge on any atom is 0.0858 e. The number of fused-ring (bicyclic) bond motifs is 1. The van der Waals surface area contributed by atoms with Gasteiger partial charge in [0, 0.05) is 18.6 Å². The molecule has 1 N–H and O–H groups in total. The summed E-state index contributed by atoms with van der Waals surface area (Å²) in [7, 11) is 2.06. The monoisotopic (exact) mass is 288 g/mol. The zero-order valence-corrected chi connectivity index (χ0v) is 13.6. The van der Waals surface area contributed by atoms with Gasteiger partial charge in [0.25, 0.3) is 0 Å². The van der Waals surface area contributed by atoms with Crippen LogP contribution in [-0.4, -0.2) is 49.8 Å². The third-order valence-corrected chi connectivity index (χ3v) is 4.97. The second kappa shape index (κ2) is 6.47. The molecule has 3 atom stereocenters. The van der Waals surface area contributed by atoms with Crippen LogP contribution >= 0.6 is 0 Å². The Morgan fingerprint density at radius 2 is 2.05 bits per heavy atom. The van der Waals surface area contributed by atoms with Crippen LogP contribution in [0.3, 0.4) is 0 Å². The lowest BCUT2D eigenvalue weighted by molar-refractivity contribution is -0.0634.